The predicted molar refractivity (Wildman–Crippen MR) is 167 cm³/mol. The molecule has 0 unspecified atom stereocenters. The first-order valence-electron chi connectivity index (χ1n) is 13.3. The largest absolute Gasteiger partial charge is 0.369 e. The molecule has 1 fully saturated rings. The number of fused-ring (bicyclic) bond motifs is 3. The van der Waals surface area contributed by atoms with E-state index in [2.05, 4.69) is 56.5 Å². The fourth-order valence-electron chi connectivity index (χ4n) is 5.43. The Labute approximate surface area is 242 Å². The molecule has 1 aliphatic rings. The Balaban J connectivity index is 1.23. The van der Waals surface area contributed by atoms with E-state index in [4.69, 9.17) is 28.2 Å². The maximum Gasteiger partial charge on any atom is 0.258 e. The van der Waals surface area contributed by atoms with E-state index in [0.29, 0.717) is 32.6 Å². The molecule has 1 saturated heterocycles. The van der Waals surface area contributed by atoms with Gasteiger partial charge in [-0.25, -0.2) is 4.98 Å². The average molecular weight is 574 g/mol. The second-order valence-electron chi connectivity index (χ2n) is 10.1. The Kier molecular flexibility index (Phi) is 7.27. The van der Waals surface area contributed by atoms with Crippen molar-refractivity contribution in [3.63, 3.8) is 0 Å². The van der Waals surface area contributed by atoms with Crippen LogP contribution in [0.3, 0.4) is 0 Å². The third-order valence-electron chi connectivity index (χ3n) is 7.66. The topological polar surface area (TPSA) is 69.2 Å². The van der Waals surface area contributed by atoms with Gasteiger partial charge in [-0.15, -0.1) is 0 Å². The lowest BCUT2D eigenvalue weighted by atomic mass is 10.0. The zero-order chi connectivity index (χ0) is 27.8. The van der Waals surface area contributed by atoms with Crippen LogP contribution < -0.4 is 15.8 Å². The van der Waals surface area contributed by atoms with Gasteiger partial charge in [0.05, 0.1) is 32.2 Å². The Morgan fingerprint density at radius 3 is 2.42 bits per heavy atom. The number of nitrogens with zero attached hydrogens (tertiary/aromatic N) is 4. The average Bonchev–Trinajstić information content (AvgIpc) is 3.29. The second kappa shape index (κ2) is 11.0. The van der Waals surface area contributed by atoms with Gasteiger partial charge in [-0.05, 0) is 54.3 Å². The zero-order valence-corrected chi connectivity index (χ0v) is 23.9. The van der Waals surface area contributed by atoms with Gasteiger partial charge in [-0.2, -0.15) is 0 Å². The van der Waals surface area contributed by atoms with E-state index >= 15 is 0 Å². The van der Waals surface area contributed by atoms with Gasteiger partial charge in [0.1, 0.15) is 0 Å². The molecule has 2 aromatic heterocycles. The summed E-state index contributed by atoms with van der Waals surface area (Å²) >= 11 is 12.7. The summed E-state index contributed by atoms with van der Waals surface area (Å²) in [6, 6.07) is 19.8. The molecule has 2 N–H and O–H groups in total. The van der Waals surface area contributed by atoms with E-state index in [0.717, 1.165) is 54.9 Å². The summed E-state index contributed by atoms with van der Waals surface area (Å²) in [6.45, 7) is 6.89. The first kappa shape index (κ1) is 26.4. The summed E-state index contributed by atoms with van der Waals surface area (Å²) in [4.78, 5) is 26.1. The van der Waals surface area contributed by atoms with Crippen LogP contribution in [0, 0.1) is 6.92 Å². The van der Waals surface area contributed by atoms with Gasteiger partial charge in [0.2, 0.25) is 5.95 Å². The number of piperazine rings is 1. The number of hydrogen-bond acceptors (Lipinski definition) is 5. The monoisotopic (exact) mass is 572 g/mol. The highest BCUT2D eigenvalue weighted by Crippen LogP contribution is 2.34. The molecule has 3 aromatic carbocycles. The van der Waals surface area contributed by atoms with Crippen LogP contribution in [0.5, 0.6) is 0 Å². The minimum atomic E-state index is -0.146. The summed E-state index contributed by atoms with van der Waals surface area (Å²) in [6.07, 6.45) is 4.17. The Morgan fingerprint density at radius 2 is 1.70 bits per heavy atom. The van der Waals surface area contributed by atoms with Crippen molar-refractivity contribution in [2.75, 3.05) is 42.9 Å². The van der Waals surface area contributed by atoms with Crippen molar-refractivity contribution in [1.82, 2.24) is 19.4 Å². The molecule has 6 rings (SSSR count). The maximum atomic E-state index is 13.4. The number of benzene rings is 3. The van der Waals surface area contributed by atoms with E-state index in [1.165, 1.54) is 5.69 Å². The summed E-state index contributed by atoms with van der Waals surface area (Å²) in [7, 11) is 1.88. The molecule has 204 valence electrons. The normalized spacial score (nSPS) is 14.6. The summed E-state index contributed by atoms with van der Waals surface area (Å²) < 4.78 is 1.87. The number of H-pyrrole nitrogens is 1. The van der Waals surface area contributed by atoms with Crippen LogP contribution in [0.2, 0.25) is 10.0 Å². The van der Waals surface area contributed by atoms with Gasteiger partial charge in [-0.1, -0.05) is 59.6 Å². The molecule has 0 atom stereocenters. The van der Waals surface area contributed by atoms with E-state index < -0.39 is 0 Å². The molecule has 0 aliphatic carbocycles. The van der Waals surface area contributed by atoms with Crippen molar-refractivity contribution in [2.24, 2.45) is 7.05 Å². The number of anilines is 3. The number of aryl methyl sites for hydroxylation is 2. The Bertz CT molecular complexity index is 1770. The first-order valence-corrected chi connectivity index (χ1v) is 14.1. The molecule has 0 spiro atoms. The highest BCUT2D eigenvalue weighted by atomic mass is 35.5. The van der Waals surface area contributed by atoms with Gasteiger partial charge >= 0.3 is 0 Å². The highest BCUT2D eigenvalue weighted by molar-refractivity contribution is 6.39. The van der Waals surface area contributed by atoms with Gasteiger partial charge in [0.25, 0.3) is 5.56 Å². The van der Waals surface area contributed by atoms with Crippen molar-refractivity contribution in [2.45, 2.75) is 6.92 Å². The number of halogens is 2. The van der Waals surface area contributed by atoms with Crippen LogP contribution in [-0.2, 0) is 7.05 Å². The molecule has 3 heterocycles. The predicted octanol–water partition coefficient (Wildman–Crippen LogP) is 6.61. The number of aromatic nitrogens is 3. The van der Waals surface area contributed by atoms with Crippen LogP contribution in [-0.4, -0.2) is 52.2 Å². The lowest BCUT2D eigenvalue weighted by Crippen LogP contribution is -2.46. The highest BCUT2D eigenvalue weighted by Gasteiger charge is 2.18. The molecule has 5 aromatic rings. The number of pyridine rings is 1. The van der Waals surface area contributed by atoms with Gasteiger partial charge in [-0.3, -0.25) is 9.69 Å². The molecule has 0 amide bonds. The molecule has 7 nitrogen and oxygen atoms in total. The fourth-order valence-corrected chi connectivity index (χ4v) is 5.92. The quantitative estimate of drug-likeness (QED) is 0.239. The Morgan fingerprint density at radius 1 is 0.975 bits per heavy atom. The smallest absolute Gasteiger partial charge is 0.258 e. The Hall–Kier alpha value is -3.78. The van der Waals surface area contributed by atoms with E-state index in [1.807, 2.05) is 36.7 Å². The molecule has 40 heavy (non-hydrogen) atoms. The van der Waals surface area contributed by atoms with Crippen LogP contribution in [0.1, 0.15) is 11.3 Å². The van der Waals surface area contributed by atoms with Gasteiger partial charge in [0.15, 0.2) is 0 Å². The minimum absolute atomic E-state index is 0.146. The molecular weight excluding hydrogens is 543 g/mol. The van der Waals surface area contributed by atoms with Gasteiger partial charge < -0.3 is 19.8 Å². The van der Waals surface area contributed by atoms with Crippen molar-refractivity contribution < 1.29 is 0 Å². The van der Waals surface area contributed by atoms with Crippen molar-refractivity contribution >= 4 is 68.4 Å². The number of aromatic amines is 1. The fraction of sp³-hybridized carbons (Fsp3) is 0.226. The molecule has 0 bridgehead atoms. The SMILES string of the molecule is Cc1c(/C=C/CN2CCN(c3ccccc3)CC2)[nH]c(=O)c2c1ccc1nc(Nc3c(Cl)cccc3Cl)n(C)c12. The number of nitrogens with one attached hydrogen (secondary N) is 2. The number of para-hydroxylation sites is 2. The first-order chi connectivity index (χ1) is 19.4. The summed E-state index contributed by atoms with van der Waals surface area (Å²) in [5, 5.41) is 5.73. The molecular formula is C31H30Cl2N6O. The number of rotatable bonds is 6. The molecule has 0 radical (unpaired) electrons. The summed E-state index contributed by atoms with van der Waals surface area (Å²) in [5.41, 5.74) is 5.01. The lowest BCUT2D eigenvalue weighted by Gasteiger charge is -2.35. The third kappa shape index (κ3) is 4.96. The lowest BCUT2D eigenvalue weighted by molar-refractivity contribution is 0.284. The van der Waals surface area contributed by atoms with Gasteiger partial charge in [0, 0.05) is 51.2 Å². The third-order valence-corrected chi connectivity index (χ3v) is 8.29. The van der Waals surface area contributed by atoms with Crippen LogP contribution in [0.25, 0.3) is 27.9 Å². The van der Waals surface area contributed by atoms with Crippen molar-refractivity contribution in [1.29, 1.82) is 0 Å². The molecule has 0 saturated carbocycles. The van der Waals surface area contributed by atoms with Crippen molar-refractivity contribution in [3.8, 4) is 0 Å². The van der Waals surface area contributed by atoms with Crippen molar-refractivity contribution in [3.05, 3.63) is 98.4 Å². The van der Waals surface area contributed by atoms with Crippen LogP contribution >= 0.6 is 23.2 Å². The number of imidazole rings is 1. The van der Waals surface area contributed by atoms with E-state index in [-0.39, 0.29) is 5.56 Å². The second-order valence-corrected chi connectivity index (χ2v) is 10.9. The van der Waals surface area contributed by atoms with E-state index in [1.54, 1.807) is 18.2 Å². The zero-order valence-electron chi connectivity index (χ0n) is 22.4. The summed E-state index contributed by atoms with van der Waals surface area (Å²) in [5.74, 6) is 0.547. The molecule has 1 aliphatic heterocycles. The minimum Gasteiger partial charge on any atom is -0.369 e. The van der Waals surface area contributed by atoms with Crippen LogP contribution in [0.4, 0.5) is 17.3 Å². The number of hydrogen-bond donors (Lipinski definition) is 2. The standard InChI is InChI=1S/C31H30Cl2N6O/c1-20-22-13-14-26-29(37(2)31(35-26)36-28-23(32)10-6-11-24(28)33)27(22)30(40)34-25(20)12-7-15-38-16-18-39(19-17-38)21-8-4-3-5-9-21/h3-14H,15-19H2,1-2H3,(H,34,40)(H,35,36)/b12-7+. The van der Waals surface area contributed by atoms with E-state index in [9.17, 15) is 4.79 Å². The van der Waals surface area contributed by atoms with Crippen LogP contribution in [0.15, 0.2) is 71.5 Å². The maximum absolute atomic E-state index is 13.4. The molecule has 9 heteroatoms.